The van der Waals surface area contributed by atoms with Crippen LogP contribution < -0.4 is 0 Å². The Morgan fingerprint density at radius 1 is 0.851 bits per heavy atom. The number of carbonyl (C=O) groups is 5. The number of ether oxygens (including phenoxy) is 5. The number of carbonyl (C=O) groups excluding carboxylic acids is 5. The lowest BCUT2D eigenvalue weighted by atomic mass is 9.83. The number of hydrogen-bond acceptors (Lipinski definition) is 13. The average Bonchev–Trinajstić information content (AvgIpc) is 3.50. The first-order chi connectivity index (χ1) is 22.4. The molecule has 0 radical (unpaired) electrons. The molecule has 47 heavy (non-hydrogen) atoms. The van der Waals surface area contributed by atoms with Crippen LogP contribution in [-0.4, -0.2) is 85.2 Å². The molecule has 0 spiro atoms. The third-order valence-electron chi connectivity index (χ3n) is 8.15. The maximum atomic E-state index is 13.5. The Morgan fingerprint density at radius 3 is 2.00 bits per heavy atom. The van der Waals surface area contributed by atoms with Gasteiger partial charge in [0.1, 0.15) is 12.3 Å². The van der Waals surface area contributed by atoms with Gasteiger partial charge in [-0.2, -0.15) is 0 Å². The first kappa shape index (κ1) is 36.4. The fourth-order valence-corrected chi connectivity index (χ4v) is 5.65. The topological polar surface area (TPSA) is 200 Å². The molecule has 2 N–H and O–H groups in total. The third kappa shape index (κ3) is 8.61. The van der Waals surface area contributed by atoms with Crippen molar-refractivity contribution in [1.29, 1.82) is 0 Å². The molecule has 0 amide bonds. The smallest absolute Gasteiger partial charge is 0.355 e. The van der Waals surface area contributed by atoms with E-state index in [4.69, 9.17) is 23.7 Å². The summed E-state index contributed by atoms with van der Waals surface area (Å²) < 4.78 is 24.9. The first-order valence-corrected chi connectivity index (χ1v) is 14.7. The predicted molar refractivity (Wildman–Crippen MR) is 163 cm³/mol. The van der Waals surface area contributed by atoms with Gasteiger partial charge in [0.15, 0.2) is 6.23 Å². The molecule has 1 aliphatic rings. The standard InChI is InChI=1S/C32H39N3O12/c1-32(23(16-28(39)46-5)21(12-14-26(37)44-3)30(40)35(32)34-42)17-24-22(15-27(38)45-4)20(11-13-25(36)43-2)29(33-24)31(41)47-18-19-9-7-6-8-10-19/h6-10,30,33,40H,11-18H2,1-5H3. The van der Waals surface area contributed by atoms with Gasteiger partial charge in [-0.15, -0.1) is 4.91 Å². The molecule has 3 rings (SSSR count). The van der Waals surface area contributed by atoms with Crippen molar-refractivity contribution >= 4 is 29.8 Å². The molecule has 0 saturated carbocycles. The van der Waals surface area contributed by atoms with E-state index >= 15 is 0 Å². The van der Waals surface area contributed by atoms with Crippen LogP contribution in [-0.2, 0) is 68.7 Å². The zero-order valence-electron chi connectivity index (χ0n) is 27.0. The predicted octanol–water partition coefficient (Wildman–Crippen LogP) is 2.62. The van der Waals surface area contributed by atoms with Gasteiger partial charge in [0.05, 0.1) is 52.1 Å². The van der Waals surface area contributed by atoms with Crippen LogP contribution in [0.3, 0.4) is 0 Å². The van der Waals surface area contributed by atoms with E-state index in [2.05, 4.69) is 10.3 Å². The van der Waals surface area contributed by atoms with Gasteiger partial charge >= 0.3 is 29.8 Å². The monoisotopic (exact) mass is 657 g/mol. The Hall–Kier alpha value is -5.05. The SMILES string of the molecule is COC(=O)CCC1=C(CC(=O)OC)C(C)(Cc2[nH]c(C(=O)OCc3ccccc3)c(CCC(=O)OC)c2CC(=O)OC)N(N=O)C1O. The largest absolute Gasteiger partial charge is 0.469 e. The summed E-state index contributed by atoms with van der Waals surface area (Å²) in [6.07, 6.45) is -2.95. The van der Waals surface area contributed by atoms with Gasteiger partial charge in [0.25, 0.3) is 0 Å². The fourth-order valence-electron chi connectivity index (χ4n) is 5.65. The summed E-state index contributed by atoms with van der Waals surface area (Å²) in [7, 11) is 4.79. The van der Waals surface area contributed by atoms with E-state index in [-0.39, 0.29) is 85.2 Å². The second-order valence-electron chi connectivity index (χ2n) is 10.9. The molecule has 1 aromatic heterocycles. The Balaban J connectivity index is 2.18. The average molecular weight is 658 g/mol. The highest BCUT2D eigenvalue weighted by Crippen LogP contribution is 2.45. The second-order valence-corrected chi connectivity index (χ2v) is 10.9. The van der Waals surface area contributed by atoms with Crippen LogP contribution in [0.2, 0.25) is 0 Å². The van der Waals surface area contributed by atoms with Crippen LogP contribution >= 0.6 is 0 Å². The quantitative estimate of drug-likeness (QED) is 0.116. The van der Waals surface area contributed by atoms with Gasteiger partial charge in [-0.1, -0.05) is 30.3 Å². The van der Waals surface area contributed by atoms with Crippen molar-refractivity contribution < 1.29 is 52.8 Å². The van der Waals surface area contributed by atoms with Gasteiger partial charge < -0.3 is 33.8 Å². The summed E-state index contributed by atoms with van der Waals surface area (Å²) in [5, 5.41) is 15.1. The number of aromatic nitrogens is 1. The summed E-state index contributed by atoms with van der Waals surface area (Å²) in [5.41, 5.74) is 0.413. The van der Waals surface area contributed by atoms with Crippen molar-refractivity contribution in [3.05, 3.63) is 74.5 Å². The Morgan fingerprint density at radius 2 is 1.43 bits per heavy atom. The van der Waals surface area contributed by atoms with Crippen molar-refractivity contribution in [1.82, 2.24) is 9.99 Å². The van der Waals surface area contributed by atoms with Crippen LogP contribution in [0.5, 0.6) is 0 Å². The van der Waals surface area contributed by atoms with E-state index < -0.39 is 41.6 Å². The van der Waals surface area contributed by atoms with Crippen molar-refractivity contribution in [3.63, 3.8) is 0 Å². The van der Waals surface area contributed by atoms with E-state index in [0.717, 1.165) is 10.6 Å². The third-order valence-corrected chi connectivity index (χ3v) is 8.15. The number of nitroso groups, excluding NO2 is 1. The highest BCUT2D eigenvalue weighted by atomic mass is 16.5. The molecule has 0 bridgehead atoms. The molecular formula is C32H39N3O12. The molecule has 2 unspecified atom stereocenters. The normalized spacial score (nSPS) is 17.2. The Kier molecular flexibility index (Phi) is 12.8. The maximum absolute atomic E-state index is 13.5. The number of benzene rings is 1. The van der Waals surface area contributed by atoms with Gasteiger partial charge in [0, 0.05) is 25.0 Å². The minimum atomic E-state index is -1.62. The molecule has 15 nitrogen and oxygen atoms in total. The summed E-state index contributed by atoms with van der Waals surface area (Å²) >= 11 is 0. The summed E-state index contributed by atoms with van der Waals surface area (Å²) in [6, 6.07) is 8.93. The van der Waals surface area contributed by atoms with Gasteiger partial charge in [-0.3, -0.25) is 19.2 Å². The van der Waals surface area contributed by atoms with Crippen molar-refractivity contribution in [2.45, 2.75) is 70.2 Å². The van der Waals surface area contributed by atoms with E-state index in [0.29, 0.717) is 0 Å². The van der Waals surface area contributed by atoms with Crippen LogP contribution in [0.25, 0.3) is 0 Å². The van der Waals surface area contributed by atoms with Crippen LogP contribution in [0.4, 0.5) is 0 Å². The van der Waals surface area contributed by atoms with Crippen LogP contribution in [0.15, 0.2) is 46.8 Å². The van der Waals surface area contributed by atoms with Gasteiger partial charge in [-0.05, 0) is 47.6 Å². The van der Waals surface area contributed by atoms with Crippen LogP contribution in [0.1, 0.15) is 65.5 Å². The number of methoxy groups -OCH3 is 4. The second kappa shape index (κ2) is 16.5. The number of hydrogen-bond donors (Lipinski definition) is 2. The molecule has 1 aliphatic heterocycles. The summed E-state index contributed by atoms with van der Waals surface area (Å²) in [6.45, 7) is 1.48. The van der Waals surface area contributed by atoms with Gasteiger partial charge in [0.2, 0.25) is 0 Å². The lowest BCUT2D eigenvalue weighted by molar-refractivity contribution is -0.141. The van der Waals surface area contributed by atoms with Crippen molar-refractivity contribution in [3.8, 4) is 0 Å². The van der Waals surface area contributed by atoms with E-state index in [1.165, 1.54) is 28.4 Å². The minimum Gasteiger partial charge on any atom is -0.469 e. The molecule has 2 aromatic rings. The number of rotatable bonds is 16. The Bertz CT molecular complexity index is 1520. The lowest BCUT2D eigenvalue weighted by Crippen LogP contribution is -2.46. The number of nitrogens with one attached hydrogen (secondary N) is 1. The first-order valence-electron chi connectivity index (χ1n) is 14.7. The number of nitrogens with zero attached hydrogens (tertiary/aromatic N) is 2. The highest BCUT2D eigenvalue weighted by Gasteiger charge is 2.50. The number of aliphatic hydroxyl groups excluding tert-OH is 1. The molecule has 2 heterocycles. The molecule has 254 valence electrons. The molecule has 1 aromatic carbocycles. The lowest BCUT2D eigenvalue weighted by Gasteiger charge is -2.34. The molecule has 2 atom stereocenters. The zero-order chi connectivity index (χ0) is 34.7. The van der Waals surface area contributed by atoms with Crippen molar-refractivity contribution in [2.75, 3.05) is 28.4 Å². The van der Waals surface area contributed by atoms with Crippen molar-refractivity contribution in [2.24, 2.45) is 5.29 Å². The molecule has 15 heteroatoms. The van der Waals surface area contributed by atoms with Gasteiger partial charge in [-0.25, -0.2) is 9.80 Å². The van der Waals surface area contributed by atoms with E-state index in [1.54, 1.807) is 31.2 Å². The Labute approximate surface area is 271 Å². The van der Waals surface area contributed by atoms with E-state index in [1.807, 2.05) is 6.07 Å². The van der Waals surface area contributed by atoms with E-state index in [9.17, 15) is 34.0 Å². The summed E-state index contributed by atoms with van der Waals surface area (Å²) in [5.74, 6) is -3.29. The molecule has 0 fully saturated rings. The van der Waals surface area contributed by atoms with Crippen LogP contribution in [0, 0.1) is 4.91 Å². The fraction of sp³-hybridized carbons (Fsp3) is 0.469. The molecular weight excluding hydrogens is 618 g/mol. The number of aromatic amines is 1. The number of aliphatic hydroxyl groups is 1. The number of esters is 5. The highest BCUT2D eigenvalue weighted by molar-refractivity contribution is 5.91. The minimum absolute atomic E-state index is 0.0323. The zero-order valence-corrected chi connectivity index (χ0v) is 27.0. The summed E-state index contributed by atoms with van der Waals surface area (Å²) in [4.78, 5) is 78.2. The molecule has 0 saturated heterocycles. The molecule has 0 aliphatic carbocycles. The number of H-pyrrole nitrogens is 1. The maximum Gasteiger partial charge on any atom is 0.355 e.